The van der Waals surface area contributed by atoms with Crippen molar-refractivity contribution in [1.82, 2.24) is 10.2 Å². The Kier molecular flexibility index (Phi) is 3.28. The number of phenolic OH excluding ortho intramolecular Hbond substituents is 1. The van der Waals surface area contributed by atoms with Crippen molar-refractivity contribution in [2.75, 3.05) is 0 Å². The lowest BCUT2D eigenvalue weighted by atomic mass is 10.2. The van der Waals surface area contributed by atoms with E-state index in [0.717, 1.165) is 17.7 Å². The van der Waals surface area contributed by atoms with E-state index >= 15 is 0 Å². The van der Waals surface area contributed by atoms with Crippen LogP contribution in [0.1, 0.15) is 11.3 Å². The summed E-state index contributed by atoms with van der Waals surface area (Å²) in [6, 6.07) is 6.30. The molecular formula is C12H9F3N2O2. The van der Waals surface area contributed by atoms with Gasteiger partial charge in [-0.2, -0.15) is 13.2 Å². The topological polar surface area (TPSA) is 55.2 Å². The monoisotopic (exact) mass is 270 g/mol. The second-order valence-electron chi connectivity index (χ2n) is 3.86. The molecule has 0 atom stereocenters. The maximum absolute atomic E-state index is 12.3. The van der Waals surface area contributed by atoms with Gasteiger partial charge in [-0.05, 0) is 30.7 Å². The molecule has 0 saturated carbocycles. The van der Waals surface area contributed by atoms with Crippen LogP contribution < -0.4 is 4.74 Å². The minimum absolute atomic E-state index is 0.00475. The number of nitrogens with zero attached hydrogens (tertiary/aromatic N) is 2. The number of hydrogen-bond acceptors (Lipinski definition) is 4. The predicted molar refractivity (Wildman–Crippen MR) is 60.0 cm³/mol. The molecule has 4 nitrogen and oxygen atoms in total. The van der Waals surface area contributed by atoms with Crippen molar-refractivity contribution in [1.29, 1.82) is 0 Å². The maximum Gasteiger partial charge on any atom is 0.435 e. The van der Waals surface area contributed by atoms with Gasteiger partial charge in [0, 0.05) is 12.1 Å². The van der Waals surface area contributed by atoms with Crippen LogP contribution >= 0.6 is 0 Å². The number of rotatable bonds is 2. The summed E-state index contributed by atoms with van der Waals surface area (Å²) in [5.41, 5.74) is -0.346. The number of benzene rings is 1. The highest BCUT2D eigenvalue weighted by Gasteiger charge is 2.32. The third-order valence-corrected chi connectivity index (χ3v) is 2.19. The number of aromatic nitrogens is 2. The quantitative estimate of drug-likeness (QED) is 0.909. The molecule has 0 bridgehead atoms. The SMILES string of the molecule is Cc1cc(O)cc(Oc2ccc(C(F)(F)F)nn2)c1. The molecule has 0 radical (unpaired) electrons. The molecule has 0 aliphatic rings. The first kappa shape index (κ1) is 13.1. The van der Waals surface area contributed by atoms with E-state index in [1.165, 1.54) is 12.1 Å². The zero-order chi connectivity index (χ0) is 14.0. The van der Waals surface area contributed by atoms with Crippen molar-refractivity contribution in [3.8, 4) is 17.4 Å². The zero-order valence-electron chi connectivity index (χ0n) is 9.77. The molecule has 2 aromatic rings. The molecule has 1 N–H and O–H groups in total. The standard InChI is InChI=1S/C12H9F3N2O2/c1-7-4-8(18)6-9(5-7)19-11-3-2-10(16-17-11)12(13,14)15/h2-6,18H,1H3. The molecule has 0 aliphatic heterocycles. The number of alkyl halides is 3. The van der Waals surface area contributed by atoms with Crippen molar-refractivity contribution in [3.63, 3.8) is 0 Å². The third-order valence-electron chi connectivity index (χ3n) is 2.19. The molecule has 1 aromatic heterocycles. The number of aromatic hydroxyl groups is 1. The minimum Gasteiger partial charge on any atom is -0.508 e. The largest absolute Gasteiger partial charge is 0.508 e. The summed E-state index contributed by atoms with van der Waals surface area (Å²) in [6.07, 6.45) is -4.53. The van der Waals surface area contributed by atoms with E-state index in [-0.39, 0.29) is 17.4 Å². The normalized spacial score (nSPS) is 11.4. The Bertz CT molecular complexity index is 562. The van der Waals surface area contributed by atoms with Crippen molar-refractivity contribution in [2.45, 2.75) is 13.1 Å². The van der Waals surface area contributed by atoms with Crippen molar-refractivity contribution >= 4 is 0 Å². The fraction of sp³-hybridized carbons (Fsp3) is 0.167. The third kappa shape index (κ3) is 3.34. The fourth-order valence-electron chi connectivity index (χ4n) is 1.43. The highest BCUT2D eigenvalue weighted by Crippen LogP contribution is 2.29. The molecule has 100 valence electrons. The molecule has 0 amide bonds. The van der Waals surface area contributed by atoms with Crippen molar-refractivity contribution < 1.29 is 23.0 Å². The molecule has 0 fully saturated rings. The Labute approximate surface area is 106 Å². The first-order valence-corrected chi connectivity index (χ1v) is 5.24. The van der Waals surface area contributed by atoms with Crippen LogP contribution in [0.2, 0.25) is 0 Å². The Hall–Kier alpha value is -2.31. The first-order chi connectivity index (χ1) is 8.84. The number of halogens is 3. The van der Waals surface area contributed by atoms with E-state index in [1.54, 1.807) is 13.0 Å². The van der Waals surface area contributed by atoms with Crippen LogP contribution in [0.3, 0.4) is 0 Å². The highest BCUT2D eigenvalue weighted by molar-refractivity contribution is 5.38. The van der Waals surface area contributed by atoms with Crippen LogP contribution in [0.5, 0.6) is 17.4 Å². The summed E-state index contributed by atoms with van der Waals surface area (Å²) < 4.78 is 42.0. The molecule has 0 aliphatic carbocycles. The smallest absolute Gasteiger partial charge is 0.435 e. The van der Waals surface area contributed by atoms with Gasteiger partial charge in [-0.15, -0.1) is 10.2 Å². The average Bonchev–Trinajstić information content (AvgIpc) is 2.26. The highest BCUT2D eigenvalue weighted by atomic mass is 19.4. The fourth-order valence-corrected chi connectivity index (χ4v) is 1.43. The summed E-state index contributed by atoms with van der Waals surface area (Å²) in [5.74, 6) is 0.180. The van der Waals surface area contributed by atoms with Gasteiger partial charge in [0.05, 0.1) is 0 Å². The Balaban J connectivity index is 2.20. The van der Waals surface area contributed by atoms with Crippen molar-refractivity contribution in [3.05, 3.63) is 41.6 Å². The van der Waals surface area contributed by atoms with Crippen LogP contribution in [-0.2, 0) is 6.18 Å². The molecule has 1 heterocycles. The lowest BCUT2D eigenvalue weighted by Crippen LogP contribution is -2.08. The molecule has 2 rings (SSSR count). The van der Waals surface area contributed by atoms with Crippen LogP contribution in [0.4, 0.5) is 13.2 Å². The second-order valence-corrected chi connectivity index (χ2v) is 3.86. The van der Waals surface area contributed by atoms with Gasteiger partial charge in [0.15, 0.2) is 5.69 Å². The van der Waals surface area contributed by atoms with Crippen LogP contribution in [-0.4, -0.2) is 15.3 Å². The van der Waals surface area contributed by atoms with Gasteiger partial charge in [-0.25, -0.2) is 0 Å². The summed E-state index contributed by atoms with van der Waals surface area (Å²) >= 11 is 0. The van der Waals surface area contributed by atoms with Gasteiger partial charge in [-0.1, -0.05) is 0 Å². The van der Waals surface area contributed by atoms with Gasteiger partial charge in [0.2, 0.25) is 5.88 Å². The molecule has 19 heavy (non-hydrogen) atoms. The molecule has 1 aromatic carbocycles. The van der Waals surface area contributed by atoms with Crippen LogP contribution in [0.25, 0.3) is 0 Å². The van der Waals surface area contributed by atoms with E-state index in [9.17, 15) is 18.3 Å². The number of hydrogen-bond donors (Lipinski definition) is 1. The van der Waals surface area contributed by atoms with E-state index in [4.69, 9.17) is 4.74 Å². The van der Waals surface area contributed by atoms with Crippen LogP contribution in [0, 0.1) is 6.92 Å². The lowest BCUT2D eigenvalue weighted by molar-refractivity contribution is -0.141. The molecule has 7 heteroatoms. The maximum atomic E-state index is 12.3. The zero-order valence-corrected chi connectivity index (χ0v) is 9.77. The first-order valence-electron chi connectivity index (χ1n) is 5.24. The average molecular weight is 270 g/mol. The predicted octanol–water partition coefficient (Wildman–Crippen LogP) is 3.30. The van der Waals surface area contributed by atoms with E-state index in [2.05, 4.69) is 10.2 Å². The van der Waals surface area contributed by atoms with Gasteiger partial charge in [0.25, 0.3) is 0 Å². The van der Waals surface area contributed by atoms with Crippen molar-refractivity contribution in [2.24, 2.45) is 0 Å². The van der Waals surface area contributed by atoms with Crippen LogP contribution in [0.15, 0.2) is 30.3 Å². The summed E-state index contributed by atoms with van der Waals surface area (Å²) in [5, 5.41) is 15.7. The number of phenols is 1. The lowest BCUT2D eigenvalue weighted by Gasteiger charge is -2.07. The summed E-state index contributed by atoms with van der Waals surface area (Å²) in [4.78, 5) is 0. The molecular weight excluding hydrogens is 261 g/mol. The Morgan fingerprint density at radius 3 is 2.37 bits per heavy atom. The van der Waals surface area contributed by atoms with E-state index in [1.807, 2.05) is 0 Å². The number of aryl methyl sites for hydroxylation is 1. The molecule has 0 unspecified atom stereocenters. The summed E-state index contributed by atoms with van der Waals surface area (Å²) in [6.45, 7) is 1.74. The van der Waals surface area contributed by atoms with Gasteiger partial charge in [0.1, 0.15) is 11.5 Å². The molecule has 0 saturated heterocycles. The van der Waals surface area contributed by atoms with Gasteiger partial charge < -0.3 is 9.84 Å². The second kappa shape index (κ2) is 4.75. The number of ether oxygens (including phenoxy) is 1. The van der Waals surface area contributed by atoms with Gasteiger partial charge >= 0.3 is 6.18 Å². The van der Waals surface area contributed by atoms with E-state index < -0.39 is 11.9 Å². The van der Waals surface area contributed by atoms with E-state index in [0.29, 0.717) is 0 Å². The minimum atomic E-state index is -4.53. The summed E-state index contributed by atoms with van der Waals surface area (Å²) in [7, 11) is 0. The van der Waals surface area contributed by atoms with Gasteiger partial charge in [-0.3, -0.25) is 0 Å². The Morgan fingerprint density at radius 2 is 1.84 bits per heavy atom. The molecule has 0 spiro atoms. The Morgan fingerprint density at radius 1 is 1.11 bits per heavy atom.